The van der Waals surface area contributed by atoms with Crippen LogP contribution in [0.3, 0.4) is 0 Å². The average molecular weight is 460 g/mol. The zero-order valence-electron chi connectivity index (χ0n) is 17.6. The number of nitrogens with one attached hydrogen (secondary N) is 3. The molecule has 32 heavy (non-hydrogen) atoms. The van der Waals surface area contributed by atoms with Crippen LogP contribution in [0.25, 0.3) is 15.6 Å². The van der Waals surface area contributed by atoms with Crippen LogP contribution < -0.4 is 31.6 Å². The van der Waals surface area contributed by atoms with Crippen LogP contribution in [0, 0.1) is 11.2 Å². The van der Waals surface area contributed by atoms with E-state index in [2.05, 4.69) is 15.2 Å². The van der Waals surface area contributed by atoms with Crippen molar-refractivity contribution in [3.8, 4) is 5.75 Å². The summed E-state index contributed by atoms with van der Waals surface area (Å²) >= 11 is 1.16. The van der Waals surface area contributed by atoms with Crippen molar-refractivity contribution in [3.63, 3.8) is 0 Å². The molecular weight excluding hydrogens is 437 g/mol. The molecule has 0 aromatic carbocycles. The molecule has 0 unspecified atom stereocenters. The van der Waals surface area contributed by atoms with Crippen molar-refractivity contribution in [2.75, 3.05) is 38.8 Å². The van der Waals surface area contributed by atoms with E-state index in [-0.39, 0.29) is 22.4 Å². The molecule has 9 nitrogen and oxygen atoms in total. The number of rotatable bonds is 5. The maximum absolute atomic E-state index is 15.6. The number of halogens is 1. The van der Waals surface area contributed by atoms with Gasteiger partial charge in [0.2, 0.25) is 0 Å². The third kappa shape index (κ3) is 2.55. The lowest BCUT2D eigenvalue weighted by Gasteiger charge is -2.41. The summed E-state index contributed by atoms with van der Waals surface area (Å²) in [6.07, 6.45) is 4.92. The first-order valence-corrected chi connectivity index (χ1v) is 11.3. The van der Waals surface area contributed by atoms with Crippen LogP contribution in [-0.4, -0.2) is 42.6 Å². The molecule has 3 aliphatic rings. The van der Waals surface area contributed by atoms with Crippen molar-refractivity contribution in [2.24, 2.45) is 5.41 Å². The molecule has 5 heterocycles. The SMILES string of the molecule is CONC1=CN(c2c(F)cn3c(=O)c4c(=O)[nH]sc4c(C4CC4)c3c2OC)CC12CNC2. The Balaban J connectivity index is 1.65. The fourth-order valence-electron chi connectivity index (χ4n) is 4.97. The smallest absolute Gasteiger partial charge is 0.271 e. The van der Waals surface area contributed by atoms with Crippen molar-refractivity contribution >= 4 is 32.8 Å². The number of ether oxygens (including phenoxy) is 1. The first kappa shape index (κ1) is 19.8. The van der Waals surface area contributed by atoms with Crippen molar-refractivity contribution in [1.82, 2.24) is 19.6 Å². The minimum atomic E-state index is -0.596. The lowest BCUT2D eigenvalue weighted by molar-refractivity contribution is 0.0833. The fraction of sp³-hybridized carbons (Fsp3) is 0.429. The predicted octanol–water partition coefficient (Wildman–Crippen LogP) is 1.63. The highest BCUT2D eigenvalue weighted by atomic mass is 32.1. The Hall–Kier alpha value is -2.89. The number of methoxy groups -OCH3 is 1. The summed E-state index contributed by atoms with van der Waals surface area (Å²) in [5, 5.41) is 3.35. The lowest BCUT2D eigenvalue weighted by Crippen LogP contribution is -2.58. The molecule has 0 radical (unpaired) electrons. The average Bonchev–Trinajstić information content (AvgIpc) is 3.40. The van der Waals surface area contributed by atoms with Gasteiger partial charge in [0, 0.05) is 31.4 Å². The highest BCUT2D eigenvalue weighted by molar-refractivity contribution is 7.13. The number of fused-ring (bicyclic) bond motifs is 2. The lowest BCUT2D eigenvalue weighted by atomic mass is 9.80. The Morgan fingerprint density at radius 2 is 2.06 bits per heavy atom. The normalized spacial score (nSPS) is 19.6. The predicted molar refractivity (Wildman–Crippen MR) is 119 cm³/mol. The van der Waals surface area contributed by atoms with Crippen molar-refractivity contribution in [1.29, 1.82) is 0 Å². The highest BCUT2D eigenvalue weighted by Gasteiger charge is 2.47. The number of aromatic nitrogens is 2. The molecule has 2 fully saturated rings. The van der Waals surface area contributed by atoms with Crippen molar-refractivity contribution in [3.05, 3.63) is 50.2 Å². The van der Waals surface area contributed by atoms with Gasteiger partial charge in [0.15, 0.2) is 11.6 Å². The molecule has 6 rings (SSSR count). The summed E-state index contributed by atoms with van der Waals surface area (Å²) < 4.78 is 25.9. The van der Waals surface area contributed by atoms with Gasteiger partial charge in [-0.15, -0.1) is 0 Å². The van der Waals surface area contributed by atoms with Crippen molar-refractivity contribution < 1.29 is 14.0 Å². The van der Waals surface area contributed by atoms with E-state index in [1.165, 1.54) is 17.7 Å². The van der Waals surface area contributed by atoms with Gasteiger partial charge in [-0.3, -0.25) is 28.7 Å². The van der Waals surface area contributed by atoms with E-state index in [1.54, 1.807) is 7.11 Å². The first-order chi connectivity index (χ1) is 15.5. The van der Waals surface area contributed by atoms with E-state index in [1.807, 2.05) is 11.1 Å². The number of H-pyrrole nitrogens is 1. The summed E-state index contributed by atoms with van der Waals surface area (Å²) in [5.74, 6) is -0.0978. The first-order valence-electron chi connectivity index (χ1n) is 10.4. The van der Waals surface area contributed by atoms with Crippen LogP contribution >= 0.6 is 11.5 Å². The molecule has 0 amide bonds. The molecule has 3 N–H and O–H groups in total. The molecular formula is C21H22FN5O4S. The van der Waals surface area contributed by atoms with Crippen LogP contribution in [0.1, 0.15) is 24.3 Å². The number of nitrogens with zero attached hydrogens (tertiary/aromatic N) is 2. The van der Waals surface area contributed by atoms with Crippen LogP contribution in [0.4, 0.5) is 10.1 Å². The molecule has 11 heteroatoms. The monoisotopic (exact) mass is 459 g/mol. The highest BCUT2D eigenvalue weighted by Crippen LogP contribution is 2.50. The Bertz CT molecular complexity index is 1420. The van der Waals surface area contributed by atoms with E-state index in [9.17, 15) is 9.59 Å². The topological polar surface area (TPSA) is 100 Å². The van der Waals surface area contributed by atoms with E-state index in [4.69, 9.17) is 9.57 Å². The van der Waals surface area contributed by atoms with E-state index in [0.29, 0.717) is 22.5 Å². The third-order valence-electron chi connectivity index (χ3n) is 6.72. The van der Waals surface area contributed by atoms with Gasteiger partial charge in [-0.2, -0.15) is 0 Å². The largest absolute Gasteiger partial charge is 0.492 e. The van der Waals surface area contributed by atoms with E-state index < -0.39 is 16.9 Å². The summed E-state index contributed by atoms with van der Waals surface area (Å²) in [5.41, 5.74) is 4.29. The van der Waals surface area contributed by atoms with Gasteiger partial charge in [0.25, 0.3) is 11.1 Å². The summed E-state index contributed by atoms with van der Waals surface area (Å²) in [6.45, 7) is 2.03. The zero-order valence-corrected chi connectivity index (χ0v) is 18.4. The molecule has 1 saturated carbocycles. The Kier molecular flexibility index (Phi) is 4.20. The maximum Gasteiger partial charge on any atom is 0.271 e. The van der Waals surface area contributed by atoms with Crippen LogP contribution in [0.5, 0.6) is 5.75 Å². The number of aromatic amines is 1. The Morgan fingerprint density at radius 1 is 1.28 bits per heavy atom. The zero-order chi connectivity index (χ0) is 22.2. The Morgan fingerprint density at radius 3 is 2.69 bits per heavy atom. The number of pyridine rings is 2. The second-order valence-corrected chi connectivity index (χ2v) is 9.49. The molecule has 3 aromatic rings. The number of hydroxylamine groups is 1. The molecule has 1 spiro atoms. The molecule has 0 atom stereocenters. The van der Waals surface area contributed by atoms with E-state index in [0.717, 1.165) is 48.7 Å². The summed E-state index contributed by atoms with van der Waals surface area (Å²) in [6, 6.07) is 0. The molecule has 3 aromatic heterocycles. The van der Waals surface area contributed by atoms with Gasteiger partial charge in [-0.1, -0.05) is 11.5 Å². The van der Waals surface area contributed by atoms with Crippen LogP contribution in [0.15, 0.2) is 27.7 Å². The van der Waals surface area contributed by atoms with Gasteiger partial charge in [-0.05, 0) is 18.8 Å². The standard InChI is InChI=1S/C21H22FN5O4S/c1-30-17-15(26-6-12(24-31-2)21(9-26)7-23-8-21)11(22)5-27-16(17)13(10-3-4-10)18-14(20(27)29)19(28)25-32-18/h5-6,10,23-24H,3-4,7-9H2,1-2H3,(H,25,28). The van der Waals surface area contributed by atoms with Gasteiger partial charge >= 0.3 is 0 Å². The minimum absolute atomic E-state index is 0.0794. The van der Waals surface area contributed by atoms with Crippen LogP contribution in [-0.2, 0) is 4.84 Å². The minimum Gasteiger partial charge on any atom is -0.492 e. The molecule has 1 saturated heterocycles. The molecule has 1 aliphatic carbocycles. The number of anilines is 1. The summed E-state index contributed by atoms with van der Waals surface area (Å²) in [7, 11) is 3.03. The second-order valence-electron chi connectivity index (χ2n) is 8.67. The van der Waals surface area contributed by atoms with Crippen LogP contribution in [0.2, 0.25) is 0 Å². The van der Waals surface area contributed by atoms with Gasteiger partial charge < -0.3 is 15.0 Å². The fourth-order valence-corrected chi connectivity index (χ4v) is 5.93. The second kappa shape index (κ2) is 6.80. The molecule has 0 bridgehead atoms. The number of hydrogen-bond acceptors (Lipinski definition) is 8. The maximum atomic E-state index is 15.6. The molecule has 2 aliphatic heterocycles. The van der Waals surface area contributed by atoms with Crippen molar-refractivity contribution in [2.45, 2.75) is 18.8 Å². The number of hydrogen-bond donors (Lipinski definition) is 3. The summed E-state index contributed by atoms with van der Waals surface area (Å²) in [4.78, 5) is 32.5. The van der Waals surface area contributed by atoms with Gasteiger partial charge in [0.05, 0.1) is 41.7 Å². The van der Waals surface area contributed by atoms with Gasteiger partial charge in [-0.25, -0.2) is 4.39 Å². The Labute approximate surface area is 185 Å². The van der Waals surface area contributed by atoms with Gasteiger partial charge in [0.1, 0.15) is 11.1 Å². The quantitative estimate of drug-likeness (QED) is 0.499. The van der Waals surface area contributed by atoms with E-state index >= 15 is 4.39 Å². The molecule has 168 valence electrons. The third-order valence-corrected chi connectivity index (χ3v) is 7.63.